The van der Waals surface area contributed by atoms with E-state index in [-0.39, 0.29) is 11.9 Å². The van der Waals surface area contributed by atoms with E-state index >= 15 is 0 Å². The Bertz CT molecular complexity index is 963. The average molecular weight is 405 g/mol. The number of furan rings is 1. The first kappa shape index (κ1) is 20.2. The first-order chi connectivity index (χ1) is 14.6. The molecule has 3 heterocycles. The van der Waals surface area contributed by atoms with E-state index in [1.165, 1.54) is 0 Å². The molecule has 1 aliphatic heterocycles. The molecule has 2 aromatic heterocycles. The number of anilines is 1. The minimum absolute atomic E-state index is 0.216. The van der Waals surface area contributed by atoms with Crippen molar-refractivity contribution in [2.45, 2.75) is 20.4 Å². The number of esters is 1. The van der Waals surface area contributed by atoms with E-state index in [1.807, 2.05) is 62.4 Å². The number of pyridine rings is 1. The van der Waals surface area contributed by atoms with Gasteiger partial charge >= 0.3 is 5.97 Å². The van der Waals surface area contributed by atoms with Crippen molar-refractivity contribution in [3.63, 3.8) is 0 Å². The van der Waals surface area contributed by atoms with Crippen molar-refractivity contribution in [3.05, 3.63) is 66.8 Å². The summed E-state index contributed by atoms with van der Waals surface area (Å²) < 4.78 is 11.4. The number of piperazine rings is 1. The van der Waals surface area contributed by atoms with Gasteiger partial charge in [0.15, 0.2) is 11.6 Å². The van der Waals surface area contributed by atoms with Gasteiger partial charge in [-0.05, 0) is 23.8 Å². The third kappa shape index (κ3) is 4.54. The Kier molecular flexibility index (Phi) is 6.14. The summed E-state index contributed by atoms with van der Waals surface area (Å²) in [6, 6.07) is 15.8. The SMILES string of the molecule is CC(C)C(=O)Oc1c(-c2ccccc2)ccnc1N1CCN(Cc2ccco2)CC1. The van der Waals surface area contributed by atoms with Gasteiger partial charge in [0.25, 0.3) is 0 Å². The first-order valence-electron chi connectivity index (χ1n) is 10.4. The molecule has 0 bridgehead atoms. The van der Waals surface area contributed by atoms with E-state index in [2.05, 4.69) is 14.8 Å². The van der Waals surface area contributed by atoms with Crippen LogP contribution in [0.4, 0.5) is 5.82 Å². The zero-order chi connectivity index (χ0) is 20.9. The fraction of sp³-hybridized carbons (Fsp3) is 0.333. The fourth-order valence-corrected chi connectivity index (χ4v) is 3.57. The van der Waals surface area contributed by atoms with Gasteiger partial charge in [0, 0.05) is 37.9 Å². The van der Waals surface area contributed by atoms with Gasteiger partial charge in [0.2, 0.25) is 0 Å². The normalized spacial score (nSPS) is 14.8. The Labute approximate surface area is 177 Å². The maximum absolute atomic E-state index is 12.5. The molecule has 0 spiro atoms. The van der Waals surface area contributed by atoms with E-state index < -0.39 is 0 Å². The smallest absolute Gasteiger partial charge is 0.313 e. The highest BCUT2D eigenvalue weighted by Crippen LogP contribution is 2.38. The molecule has 6 heteroatoms. The van der Waals surface area contributed by atoms with Crippen LogP contribution >= 0.6 is 0 Å². The lowest BCUT2D eigenvalue weighted by Crippen LogP contribution is -2.46. The molecule has 0 saturated carbocycles. The second-order valence-corrected chi connectivity index (χ2v) is 7.80. The molecule has 1 saturated heterocycles. The lowest BCUT2D eigenvalue weighted by atomic mass is 10.1. The zero-order valence-electron chi connectivity index (χ0n) is 17.5. The number of aromatic nitrogens is 1. The van der Waals surface area contributed by atoms with Crippen LogP contribution in [0, 0.1) is 5.92 Å². The number of hydrogen-bond acceptors (Lipinski definition) is 6. The van der Waals surface area contributed by atoms with Gasteiger partial charge in [-0.2, -0.15) is 0 Å². The number of ether oxygens (including phenoxy) is 1. The Morgan fingerprint density at radius 3 is 2.50 bits per heavy atom. The second-order valence-electron chi connectivity index (χ2n) is 7.80. The van der Waals surface area contributed by atoms with Gasteiger partial charge in [0.1, 0.15) is 5.76 Å². The highest BCUT2D eigenvalue weighted by atomic mass is 16.5. The molecule has 1 aliphatic rings. The molecule has 0 amide bonds. The minimum atomic E-state index is -0.252. The highest BCUT2D eigenvalue weighted by molar-refractivity contribution is 5.83. The number of hydrogen-bond donors (Lipinski definition) is 0. The lowest BCUT2D eigenvalue weighted by Gasteiger charge is -2.35. The summed E-state index contributed by atoms with van der Waals surface area (Å²) in [7, 11) is 0. The third-order valence-electron chi connectivity index (χ3n) is 5.28. The molecule has 0 atom stereocenters. The van der Waals surface area contributed by atoms with Crippen LogP contribution in [0.2, 0.25) is 0 Å². The van der Waals surface area contributed by atoms with Crippen LogP contribution in [-0.2, 0) is 11.3 Å². The second kappa shape index (κ2) is 9.13. The summed E-state index contributed by atoms with van der Waals surface area (Å²) in [5.74, 6) is 1.77. The van der Waals surface area contributed by atoms with Crippen molar-refractivity contribution in [3.8, 4) is 16.9 Å². The van der Waals surface area contributed by atoms with Crippen LogP contribution in [-0.4, -0.2) is 42.0 Å². The molecule has 0 unspecified atom stereocenters. The Balaban J connectivity index is 1.58. The lowest BCUT2D eigenvalue weighted by molar-refractivity contribution is -0.137. The summed E-state index contributed by atoms with van der Waals surface area (Å²) in [5.41, 5.74) is 1.89. The van der Waals surface area contributed by atoms with Crippen LogP contribution in [0.1, 0.15) is 19.6 Å². The van der Waals surface area contributed by atoms with Gasteiger partial charge in [-0.15, -0.1) is 0 Å². The van der Waals surface area contributed by atoms with Crippen LogP contribution in [0.15, 0.2) is 65.4 Å². The molecule has 0 radical (unpaired) electrons. The van der Waals surface area contributed by atoms with Crippen LogP contribution in [0.5, 0.6) is 5.75 Å². The number of rotatable bonds is 6. The van der Waals surface area contributed by atoms with Gasteiger partial charge in [-0.3, -0.25) is 9.69 Å². The van der Waals surface area contributed by atoms with E-state index in [0.717, 1.165) is 55.4 Å². The molecule has 6 nitrogen and oxygen atoms in total. The molecular weight excluding hydrogens is 378 g/mol. The minimum Gasteiger partial charge on any atom is -0.468 e. The van der Waals surface area contributed by atoms with E-state index in [1.54, 1.807) is 12.5 Å². The maximum Gasteiger partial charge on any atom is 0.313 e. The van der Waals surface area contributed by atoms with Crippen molar-refractivity contribution >= 4 is 11.8 Å². The van der Waals surface area contributed by atoms with E-state index in [9.17, 15) is 4.79 Å². The standard InChI is InChI=1S/C24H27N3O3/c1-18(2)24(28)30-22-21(19-7-4-3-5-8-19)10-11-25-23(22)27-14-12-26(13-15-27)17-20-9-6-16-29-20/h3-11,16,18H,12-15,17H2,1-2H3. The molecule has 1 fully saturated rings. The summed E-state index contributed by atoms with van der Waals surface area (Å²) in [6.45, 7) is 7.86. The van der Waals surface area contributed by atoms with Gasteiger partial charge in [0.05, 0.1) is 18.7 Å². The van der Waals surface area contributed by atoms with Gasteiger partial charge in [-0.25, -0.2) is 4.98 Å². The number of carbonyl (C=O) groups excluding carboxylic acids is 1. The third-order valence-corrected chi connectivity index (χ3v) is 5.28. The summed E-state index contributed by atoms with van der Waals surface area (Å²) >= 11 is 0. The molecule has 0 N–H and O–H groups in total. The van der Waals surface area contributed by atoms with E-state index in [0.29, 0.717) is 5.75 Å². The van der Waals surface area contributed by atoms with Gasteiger partial charge in [-0.1, -0.05) is 44.2 Å². The summed E-state index contributed by atoms with van der Waals surface area (Å²) in [6.07, 6.45) is 3.50. The van der Waals surface area contributed by atoms with Crippen molar-refractivity contribution in [1.82, 2.24) is 9.88 Å². The van der Waals surface area contributed by atoms with Crippen molar-refractivity contribution in [1.29, 1.82) is 0 Å². The molecule has 156 valence electrons. The highest BCUT2D eigenvalue weighted by Gasteiger charge is 2.25. The Hall–Kier alpha value is -3.12. The molecule has 0 aliphatic carbocycles. The molecule has 30 heavy (non-hydrogen) atoms. The van der Waals surface area contributed by atoms with E-state index in [4.69, 9.17) is 9.15 Å². The van der Waals surface area contributed by atoms with Crippen LogP contribution in [0.25, 0.3) is 11.1 Å². The van der Waals surface area contributed by atoms with Crippen molar-refractivity contribution < 1.29 is 13.9 Å². The van der Waals surface area contributed by atoms with Crippen LogP contribution < -0.4 is 9.64 Å². The zero-order valence-corrected chi connectivity index (χ0v) is 17.5. The average Bonchev–Trinajstić information content (AvgIpc) is 3.28. The van der Waals surface area contributed by atoms with Crippen LogP contribution in [0.3, 0.4) is 0 Å². The molecule has 3 aromatic rings. The molecule has 4 rings (SSSR count). The topological polar surface area (TPSA) is 58.8 Å². The number of benzene rings is 1. The largest absolute Gasteiger partial charge is 0.468 e. The number of carbonyl (C=O) groups is 1. The maximum atomic E-state index is 12.5. The fourth-order valence-electron chi connectivity index (χ4n) is 3.57. The van der Waals surface area contributed by atoms with Crippen molar-refractivity contribution in [2.24, 2.45) is 5.92 Å². The number of nitrogens with zero attached hydrogens (tertiary/aromatic N) is 3. The molecular formula is C24H27N3O3. The Morgan fingerprint density at radius 1 is 1.07 bits per heavy atom. The van der Waals surface area contributed by atoms with Crippen molar-refractivity contribution in [2.75, 3.05) is 31.1 Å². The van der Waals surface area contributed by atoms with Gasteiger partial charge < -0.3 is 14.1 Å². The quantitative estimate of drug-likeness (QED) is 0.572. The first-order valence-corrected chi connectivity index (χ1v) is 10.4. The monoisotopic (exact) mass is 405 g/mol. The predicted molar refractivity (Wildman–Crippen MR) is 116 cm³/mol. The summed E-state index contributed by atoms with van der Waals surface area (Å²) in [4.78, 5) is 21.6. The summed E-state index contributed by atoms with van der Waals surface area (Å²) in [5, 5.41) is 0. The predicted octanol–water partition coefficient (Wildman–Crippen LogP) is 4.23. The Morgan fingerprint density at radius 2 is 1.83 bits per heavy atom. The molecule has 1 aromatic carbocycles.